The fourth-order valence-electron chi connectivity index (χ4n) is 2.10. The molecule has 0 atom stereocenters. The van der Waals surface area contributed by atoms with Crippen LogP contribution in [0.15, 0.2) is 35.1 Å². The van der Waals surface area contributed by atoms with E-state index in [1.54, 1.807) is 6.26 Å². The number of hydrogen-bond acceptors (Lipinski definition) is 3. The van der Waals surface area contributed by atoms with E-state index in [9.17, 15) is 4.79 Å². The summed E-state index contributed by atoms with van der Waals surface area (Å²) in [5, 5.41) is 9.19. The second-order valence-corrected chi connectivity index (χ2v) is 4.19. The first kappa shape index (κ1) is 10.8. The second kappa shape index (κ2) is 4.18. The van der Waals surface area contributed by atoms with Crippen molar-refractivity contribution in [2.45, 2.75) is 13.5 Å². The molecule has 0 bridgehead atoms. The topological polar surface area (TPSA) is 60.1 Å². The Morgan fingerprint density at radius 2 is 2.22 bits per heavy atom. The Labute approximate surface area is 103 Å². The van der Waals surface area contributed by atoms with Crippen LogP contribution in [0.5, 0.6) is 0 Å². The van der Waals surface area contributed by atoms with Crippen LogP contribution in [-0.2, 0) is 11.3 Å². The van der Waals surface area contributed by atoms with Crippen molar-refractivity contribution < 1.29 is 9.21 Å². The van der Waals surface area contributed by atoms with Gasteiger partial charge in [-0.2, -0.15) is 5.10 Å². The molecule has 1 aromatic carbocycles. The number of nitrogens with zero attached hydrogens (tertiary/aromatic N) is 2. The summed E-state index contributed by atoms with van der Waals surface area (Å²) in [4.78, 5) is 10.8. The van der Waals surface area contributed by atoms with Crippen LogP contribution >= 0.6 is 0 Å². The molecule has 0 aliphatic carbocycles. The zero-order valence-electron chi connectivity index (χ0n) is 10.0. The first-order chi connectivity index (χ1) is 8.75. The molecule has 0 saturated carbocycles. The van der Waals surface area contributed by atoms with Crippen molar-refractivity contribution in [3.8, 4) is 0 Å². The molecule has 0 aliphatic heterocycles. The van der Waals surface area contributed by atoms with Crippen LogP contribution in [0, 0.1) is 0 Å². The number of furan rings is 1. The maximum Gasteiger partial charge on any atom is 0.216 e. The summed E-state index contributed by atoms with van der Waals surface area (Å²) in [5.41, 5.74) is 1.82. The molecule has 0 radical (unpaired) electrons. The van der Waals surface area contributed by atoms with Gasteiger partial charge in [0.05, 0.1) is 19.0 Å². The zero-order valence-corrected chi connectivity index (χ0v) is 10.0. The van der Waals surface area contributed by atoms with E-state index in [0.717, 1.165) is 21.9 Å². The molecule has 0 spiro atoms. The minimum absolute atomic E-state index is 0.0328. The van der Waals surface area contributed by atoms with E-state index in [4.69, 9.17) is 4.42 Å². The summed E-state index contributed by atoms with van der Waals surface area (Å²) in [6.07, 6.45) is 3.49. The fraction of sp³-hybridized carbons (Fsp3) is 0.231. The molecule has 2 heterocycles. The molecule has 3 aromatic rings. The lowest BCUT2D eigenvalue weighted by molar-refractivity contribution is -0.118. The number of amides is 1. The molecule has 5 nitrogen and oxygen atoms in total. The summed E-state index contributed by atoms with van der Waals surface area (Å²) in [5.74, 6) is -0.0328. The van der Waals surface area contributed by atoms with Crippen LogP contribution in [0.25, 0.3) is 21.9 Å². The molecule has 18 heavy (non-hydrogen) atoms. The Hall–Kier alpha value is -2.30. The van der Waals surface area contributed by atoms with Crippen LogP contribution in [0.1, 0.15) is 6.92 Å². The fourth-order valence-corrected chi connectivity index (χ4v) is 2.10. The monoisotopic (exact) mass is 243 g/mol. The number of benzene rings is 1. The van der Waals surface area contributed by atoms with E-state index < -0.39 is 0 Å². The van der Waals surface area contributed by atoms with Crippen LogP contribution in [-0.4, -0.2) is 22.2 Å². The number of carbonyl (C=O) groups excluding carboxylic acids is 1. The molecule has 0 aliphatic rings. The van der Waals surface area contributed by atoms with E-state index in [1.165, 1.54) is 6.92 Å². The predicted molar refractivity (Wildman–Crippen MR) is 68.2 cm³/mol. The quantitative estimate of drug-likeness (QED) is 0.764. The summed E-state index contributed by atoms with van der Waals surface area (Å²) in [6.45, 7) is 2.69. The van der Waals surface area contributed by atoms with Gasteiger partial charge in [-0.25, -0.2) is 0 Å². The minimum Gasteiger partial charge on any atom is -0.462 e. The number of carbonyl (C=O) groups is 1. The molecular formula is C13H13N3O2. The molecule has 5 heteroatoms. The van der Waals surface area contributed by atoms with Crippen molar-refractivity contribution in [2.24, 2.45) is 0 Å². The van der Waals surface area contributed by atoms with Gasteiger partial charge < -0.3 is 9.73 Å². The standard InChI is InChI=1S/C13H13N3O2/c1-9(17)14-5-6-16-12-11(8-15-16)3-2-10-4-7-18-13(10)12/h2-4,7-8H,5-6H2,1H3,(H,14,17). The third-order valence-corrected chi connectivity index (χ3v) is 2.92. The molecule has 0 fully saturated rings. The lowest BCUT2D eigenvalue weighted by Crippen LogP contribution is -2.24. The summed E-state index contributed by atoms with van der Waals surface area (Å²) in [6, 6.07) is 5.97. The minimum atomic E-state index is -0.0328. The van der Waals surface area contributed by atoms with Crippen LogP contribution in [0.2, 0.25) is 0 Å². The maximum absolute atomic E-state index is 10.8. The Morgan fingerprint density at radius 3 is 3.06 bits per heavy atom. The molecule has 3 rings (SSSR count). The SMILES string of the molecule is CC(=O)NCCn1ncc2ccc3ccoc3c21. The molecule has 1 amide bonds. The van der Waals surface area contributed by atoms with Crippen molar-refractivity contribution in [1.29, 1.82) is 0 Å². The largest absolute Gasteiger partial charge is 0.462 e. The summed E-state index contributed by atoms with van der Waals surface area (Å²) < 4.78 is 7.37. The number of rotatable bonds is 3. The van der Waals surface area contributed by atoms with E-state index in [1.807, 2.05) is 29.1 Å². The van der Waals surface area contributed by atoms with E-state index in [-0.39, 0.29) is 5.91 Å². The molecule has 1 N–H and O–H groups in total. The number of nitrogens with one attached hydrogen (secondary N) is 1. The molecule has 0 saturated heterocycles. The predicted octanol–water partition coefficient (Wildman–Crippen LogP) is 1.92. The Bertz CT molecular complexity index is 711. The van der Waals surface area contributed by atoms with Gasteiger partial charge >= 0.3 is 0 Å². The van der Waals surface area contributed by atoms with Gasteiger partial charge in [-0.3, -0.25) is 9.48 Å². The van der Waals surface area contributed by atoms with E-state index in [0.29, 0.717) is 13.1 Å². The lowest BCUT2D eigenvalue weighted by atomic mass is 10.2. The van der Waals surface area contributed by atoms with Gasteiger partial charge in [0.2, 0.25) is 5.91 Å². The normalized spacial score (nSPS) is 11.2. The highest BCUT2D eigenvalue weighted by atomic mass is 16.3. The third kappa shape index (κ3) is 1.73. The molecule has 0 unspecified atom stereocenters. The van der Waals surface area contributed by atoms with Gasteiger partial charge in [-0.15, -0.1) is 0 Å². The van der Waals surface area contributed by atoms with Crippen molar-refractivity contribution in [1.82, 2.24) is 15.1 Å². The van der Waals surface area contributed by atoms with Gasteiger partial charge in [-0.05, 0) is 6.07 Å². The lowest BCUT2D eigenvalue weighted by Gasteiger charge is -2.04. The van der Waals surface area contributed by atoms with Crippen LogP contribution < -0.4 is 5.32 Å². The maximum atomic E-state index is 10.8. The Morgan fingerprint density at radius 1 is 1.39 bits per heavy atom. The van der Waals surface area contributed by atoms with Crippen molar-refractivity contribution >= 4 is 27.8 Å². The third-order valence-electron chi connectivity index (χ3n) is 2.92. The first-order valence-corrected chi connectivity index (χ1v) is 5.82. The molecule has 2 aromatic heterocycles. The zero-order chi connectivity index (χ0) is 12.5. The summed E-state index contributed by atoms with van der Waals surface area (Å²) in [7, 11) is 0. The van der Waals surface area contributed by atoms with Gasteiger partial charge in [0.15, 0.2) is 5.58 Å². The summed E-state index contributed by atoms with van der Waals surface area (Å²) >= 11 is 0. The number of aromatic nitrogens is 2. The van der Waals surface area contributed by atoms with Crippen molar-refractivity contribution in [2.75, 3.05) is 6.54 Å². The molecule has 92 valence electrons. The van der Waals surface area contributed by atoms with Crippen molar-refractivity contribution in [3.05, 3.63) is 30.7 Å². The Balaban J connectivity index is 2.01. The van der Waals surface area contributed by atoms with Gasteiger partial charge in [0.25, 0.3) is 0 Å². The van der Waals surface area contributed by atoms with E-state index >= 15 is 0 Å². The highest BCUT2D eigenvalue weighted by Crippen LogP contribution is 2.25. The van der Waals surface area contributed by atoms with Crippen LogP contribution in [0.3, 0.4) is 0 Å². The van der Waals surface area contributed by atoms with Gasteiger partial charge in [-0.1, -0.05) is 12.1 Å². The molecular weight excluding hydrogens is 230 g/mol. The smallest absolute Gasteiger partial charge is 0.216 e. The Kier molecular flexibility index (Phi) is 2.51. The highest BCUT2D eigenvalue weighted by Gasteiger charge is 2.09. The first-order valence-electron chi connectivity index (χ1n) is 5.82. The number of fused-ring (bicyclic) bond motifs is 3. The van der Waals surface area contributed by atoms with Gasteiger partial charge in [0, 0.05) is 24.2 Å². The van der Waals surface area contributed by atoms with E-state index in [2.05, 4.69) is 10.4 Å². The van der Waals surface area contributed by atoms with Gasteiger partial charge in [0.1, 0.15) is 5.52 Å². The average Bonchev–Trinajstić information content (AvgIpc) is 2.93. The second-order valence-electron chi connectivity index (χ2n) is 4.19. The van der Waals surface area contributed by atoms with Crippen LogP contribution in [0.4, 0.5) is 0 Å². The highest BCUT2D eigenvalue weighted by molar-refractivity contribution is 6.01. The number of hydrogen-bond donors (Lipinski definition) is 1. The average molecular weight is 243 g/mol. The van der Waals surface area contributed by atoms with Crippen molar-refractivity contribution in [3.63, 3.8) is 0 Å².